The Labute approximate surface area is 123 Å². The molecule has 0 bridgehead atoms. The van der Waals surface area contributed by atoms with Gasteiger partial charge in [0.25, 0.3) is 0 Å². The van der Waals surface area contributed by atoms with E-state index >= 15 is 0 Å². The third-order valence-corrected chi connectivity index (χ3v) is 4.26. The molecule has 1 unspecified atom stereocenters. The van der Waals surface area contributed by atoms with Crippen molar-refractivity contribution in [2.45, 2.75) is 32.7 Å². The summed E-state index contributed by atoms with van der Waals surface area (Å²) in [6.45, 7) is 9.08. The Morgan fingerprint density at radius 3 is 2.75 bits per heavy atom. The number of piperidine rings is 1. The number of likely N-dealkylation sites (N-methyl/N-ethyl adjacent to an activating group) is 1. The van der Waals surface area contributed by atoms with E-state index in [0.29, 0.717) is 6.04 Å². The van der Waals surface area contributed by atoms with Crippen LogP contribution in [0.25, 0.3) is 0 Å². The lowest BCUT2D eigenvalue weighted by Gasteiger charge is -2.33. The van der Waals surface area contributed by atoms with Crippen molar-refractivity contribution in [2.75, 3.05) is 33.3 Å². The van der Waals surface area contributed by atoms with Crippen molar-refractivity contribution in [3.05, 3.63) is 29.8 Å². The van der Waals surface area contributed by atoms with Crippen LogP contribution in [0.1, 0.15) is 38.3 Å². The number of ether oxygens (including phenoxy) is 1. The second-order valence-electron chi connectivity index (χ2n) is 5.87. The first-order valence-electron chi connectivity index (χ1n) is 7.82. The third-order valence-electron chi connectivity index (χ3n) is 4.26. The van der Waals surface area contributed by atoms with Gasteiger partial charge in [0.15, 0.2) is 0 Å². The van der Waals surface area contributed by atoms with Crippen LogP contribution >= 0.6 is 0 Å². The Kier molecular flexibility index (Phi) is 5.86. The molecule has 1 aromatic carbocycles. The normalized spacial score (nSPS) is 18.9. The van der Waals surface area contributed by atoms with Crippen LogP contribution in [-0.4, -0.2) is 38.2 Å². The third kappa shape index (κ3) is 4.22. The van der Waals surface area contributed by atoms with Gasteiger partial charge in [0, 0.05) is 12.6 Å². The fourth-order valence-electron chi connectivity index (χ4n) is 2.90. The molecule has 0 spiro atoms. The van der Waals surface area contributed by atoms with E-state index in [1.54, 1.807) is 7.11 Å². The standard InChI is InChI=1S/C17H28N2O/c1-4-18-17(13-19-10-8-14(2)9-11-19)15-6-5-7-16(12-15)20-3/h5-7,12,14,17-18H,4,8-11,13H2,1-3H3. The molecule has 20 heavy (non-hydrogen) atoms. The topological polar surface area (TPSA) is 24.5 Å². The summed E-state index contributed by atoms with van der Waals surface area (Å²) in [6, 6.07) is 8.83. The minimum atomic E-state index is 0.392. The SMILES string of the molecule is CCNC(CN1CCC(C)CC1)c1cccc(OC)c1. The number of nitrogens with one attached hydrogen (secondary N) is 1. The molecule has 3 nitrogen and oxygen atoms in total. The molecule has 3 heteroatoms. The second kappa shape index (κ2) is 7.65. The zero-order valence-corrected chi connectivity index (χ0v) is 13.1. The van der Waals surface area contributed by atoms with Gasteiger partial charge in [0.1, 0.15) is 5.75 Å². The van der Waals surface area contributed by atoms with Gasteiger partial charge in [-0.05, 0) is 56.1 Å². The maximum atomic E-state index is 5.35. The molecule has 0 aliphatic carbocycles. The molecule has 0 aromatic heterocycles. The highest BCUT2D eigenvalue weighted by molar-refractivity contribution is 5.30. The zero-order valence-electron chi connectivity index (χ0n) is 13.1. The molecule has 1 aromatic rings. The van der Waals surface area contributed by atoms with E-state index in [1.807, 2.05) is 6.07 Å². The Bertz CT molecular complexity index is 400. The molecule has 1 heterocycles. The Balaban J connectivity index is 2.02. The van der Waals surface area contributed by atoms with Crippen LogP contribution in [0.3, 0.4) is 0 Å². The summed E-state index contributed by atoms with van der Waals surface area (Å²) < 4.78 is 5.35. The van der Waals surface area contributed by atoms with Gasteiger partial charge < -0.3 is 15.0 Å². The first-order valence-corrected chi connectivity index (χ1v) is 7.82. The van der Waals surface area contributed by atoms with Crippen molar-refractivity contribution in [1.29, 1.82) is 0 Å². The molecule has 0 radical (unpaired) electrons. The quantitative estimate of drug-likeness (QED) is 0.864. The molecular weight excluding hydrogens is 248 g/mol. The summed E-state index contributed by atoms with van der Waals surface area (Å²) in [7, 11) is 1.73. The van der Waals surface area contributed by atoms with Crippen molar-refractivity contribution in [1.82, 2.24) is 10.2 Å². The van der Waals surface area contributed by atoms with Crippen LogP contribution in [0.4, 0.5) is 0 Å². The lowest BCUT2D eigenvalue weighted by Crippen LogP contribution is -2.39. The number of benzene rings is 1. The first kappa shape index (κ1) is 15.3. The fraction of sp³-hybridized carbons (Fsp3) is 0.647. The predicted octanol–water partition coefficient (Wildman–Crippen LogP) is 3.08. The molecule has 2 rings (SSSR count). The van der Waals surface area contributed by atoms with Crippen LogP contribution in [0.15, 0.2) is 24.3 Å². The number of hydrogen-bond acceptors (Lipinski definition) is 3. The fourth-order valence-corrected chi connectivity index (χ4v) is 2.90. The summed E-state index contributed by atoms with van der Waals surface area (Å²) in [4.78, 5) is 2.59. The predicted molar refractivity (Wildman–Crippen MR) is 84.2 cm³/mol. The average Bonchev–Trinajstić information content (AvgIpc) is 2.49. The van der Waals surface area contributed by atoms with Gasteiger partial charge in [-0.15, -0.1) is 0 Å². The van der Waals surface area contributed by atoms with E-state index in [9.17, 15) is 0 Å². The van der Waals surface area contributed by atoms with Crippen molar-refractivity contribution < 1.29 is 4.74 Å². The molecule has 1 fully saturated rings. The average molecular weight is 276 g/mol. The molecule has 1 aliphatic rings. The highest BCUT2D eigenvalue weighted by Crippen LogP contribution is 2.22. The van der Waals surface area contributed by atoms with Crippen LogP contribution in [0, 0.1) is 5.92 Å². The summed E-state index contributed by atoms with van der Waals surface area (Å²) in [5.41, 5.74) is 1.32. The maximum absolute atomic E-state index is 5.35. The van der Waals surface area contributed by atoms with E-state index in [1.165, 1.54) is 31.5 Å². The van der Waals surface area contributed by atoms with Gasteiger partial charge in [-0.1, -0.05) is 26.0 Å². The van der Waals surface area contributed by atoms with Gasteiger partial charge in [0.2, 0.25) is 0 Å². The summed E-state index contributed by atoms with van der Waals surface area (Å²) in [5.74, 6) is 1.83. The Morgan fingerprint density at radius 1 is 1.35 bits per heavy atom. The second-order valence-corrected chi connectivity index (χ2v) is 5.87. The van der Waals surface area contributed by atoms with Gasteiger partial charge in [-0.3, -0.25) is 0 Å². The number of rotatable bonds is 6. The highest BCUT2D eigenvalue weighted by atomic mass is 16.5. The number of methoxy groups -OCH3 is 1. The van der Waals surface area contributed by atoms with Crippen molar-refractivity contribution >= 4 is 0 Å². The number of hydrogen-bond donors (Lipinski definition) is 1. The summed E-state index contributed by atoms with van der Waals surface area (Å²) in [5, 5.41) is 3.61. The summed E-state index contributed by atoms with van der Waals surface area (Å²) in [6.07, 6.45) is 2.66. The van der Waals surface area contributed by atoms with Crippen LogP contribution in [0.2, 0.25) is 0 Å². The first-order chi connectivity index (χ1) is 9.72. The minimum absolute atomic E-state index is 0.392. The molecule has 0 amide bonds. The Morgan fingerprint density at radius 2 is 2.10 bits per heavy atom. The molecule has 112 valence electrons. The van der Waals surface area contributed by atoms with E-state index in [-0.39, 0.29) is 0 Å². The zero-order chi connectivity index (χ0) is 14.4. The molecule has 0 saturated carbocycles. The molecule has 1 aliphatic heterocycles. The minimum Gasteiger partial charge on any atom is -0.497 e. The lowest BCUT2D eigenvalue weighted by molar-refractivity contribution is 0.175. The van der Waals surface area contributed by atoms with E-state index in [2.05, 4.69) is 42.3 Å². The van der Waals surface area contributed by atoms with Gasteiger partial charge in [-0.25, -0.2) is 0 Å². The maximum Gasteiger partial charge on any atom is 0.119 e. The molecule has 1 atom stereocenters. The van der Waals surface area contributed by atoms with Crippen LogP contribution < -0.4 is 10.1 Å². The van der Waals surface area contributed by atoms with Gasteiger partial charge >= 0.3 is 0 Å². The lowest BCUT2D eigenvalue weighted by atomic mass is 9.98. The van der Waals surface area contributed by atoms with Crippen LogP contribution in [0.5, 0.6) is 5.75 Å². The number of likely N-dealkylation sites (tertiary alicyclic amines) is 1. The Hall–Kier alpha value is -1.06. The van der Waals surface area contributed by atoms with Crippen LogP contribution in [-0.2, 0) is 0 Å². The summed E-state index contributed by atoms with van der Waals surface area (Å²) >= 11 is 0. The van der Waals surface area contributed by atoms with Crippen molar-refractivity contribution in [3.63, 3.8) is 0 Å². The molecule has 1 N–H and O–H groups in total. The molecule has 1 saturated heterocycles. The van der Waals surface area contributed by atoms with E-state index in [0.717, 1.165) is 24.8 Å². The smallest absolute Gasteiger partial charge is 0.119 e. The van der Waals surface area contributed by atoms with Crippen molar-refractivity contribution in [3.8, 4) is 5.75 Å². The largest absolute Gasteiger partial charge is 0.497 e. The van der Waals surface area contributed by atoms with E-state index in [4.69, 9.17) is 4.74 Å². The monoisotopic (exact) mass is 276 g/mol. The highest BCUT2D eigenvalue weighted by Gasteiger charge is 2.20. The molecular formula is C17H28N2O. The van der Waals surface area contributed by atoms with Gasteiger partial charge in [-0.2, -0.15) is 0 Å². The van der Waals surface area contributed by atoms with E-state index < -0.39 is 0 Å². The number of nitrogens with zero attached hydrogens (tertiary/aromatic N) is 1. The van der Waals surface area contributed by atoms with Crippen molar-refractivity contribution in [2.24, 2.45) is 5.92 Å². The van der Waals surface area contributed by atoms with Gasteiger partial charge in [0.05, 0.1) is 7.11 Å².